The number of fused-ring (bicyclic) bond motifs is 1. The Bertz CT molecular complexity index is 524. The molecule has 110 valence electrons. The predicted octanol–water partition coefficient (Wildman–Crippen LogP) is 1.70. The highest BCUT2D eigenvalue weighted by Gasteiger charge is 2.11. The van der Waals surface area contributed by atoms with Crippen LogP contribution in [0.3, 0.4) is 0 Å². The molecule has 0 spiro atoms. The molecule has 3 N–H and O–H groups in total. The predicted molar refractivity (Wildman–Crippen MR) is 83.2 cm³/mol. The van der Waals surface area contributed by atoms with Gasteiger partial charge in [-0.15, -0.1) is 23.7 Å². The summed E-state index contributed by atoms with van der Waals surface area (Å²) < 4.78 is 6.20. The molecule has 1 heterocycles. The van der Waals surface area contributed by atoms with Crippen LogP contribution in [-0.2, 0) is 16.1 Å². The Morgan fingerprint density at radius 2 is 2.25 bits per heavy atom. The van der Waals surface area contributed by atoms with E-state index in [1.165, 1.54) is 0 Å². The van der Waals surface area contributed by atoms with Gasteiger partial charge in [0.1, 0.15) is 5.01 Å². The van der Waals surface area contributed by atoms with Gasteiger partial charge in [-0.2, -0.15) is 0 Å². The third-order valence-electron chi connectivity index (χ3n) is 2.78. The molecular formula is C13H18ClN3O2S. The number of methoxy groups -OCH3 is 1. The molecular weight excluding hydrogens is 298 g/mol. The summed E-state index contributed by atoms with van der Waals surface area (Å²) >= 11 is 1.59. The second kappa shape index (κ2) is 8.16. The molecule has 0 bridgehead atoms. The Balaban J connectivity index is 0.00000200. The number of aromatic nitrogens is 1. The van der Waals surface area contributed by atoms with Crippen LogP contribution in [0.5, 0.6) is 0 Å². The van der Waals surface area contributed by atoms with E-state index in [0.29, 0.717) is 13.1 Å². The molecule has 7 heteroatoms. The monoisotopic (exact) mass is 315 g/mol. The Kier molecular flexibility index (Phi) is 6.87. The molecule has 5 nitrogen and oxygen atoms in total. The fraction of sp³-hybridized carbons (Fsp3) is 0.385. The van der Waals surface area contributed by atoms with Crippen LogP contribution in [-0.4, -0.2) is 30.6 Å². The Hall–Kier alpha value is -1.21. The lowest BCUT2D eigenvalue weighted by Crippen LogP contribution is -2.31. The lowest BCUT2D eigenvalue weighted by Gasteiger charge is -2.11. The first kappa shape index (κ1) is 16.8. The Labute approximate surface area is 127 Å². The molecule has 1 unspecified atom stereocenters. The number of halogens is 1. The molecule has 0 saturated carbocycles. The topological polar surface area (TPSA) is 77.2 Å². The first-order valence-electron chi connectivity index (χ1n) is 6.07. The van der Waals surface area contributed by atoms with Crippen molar-refractivity contribution in [3.05, 3.63) is 29.3 Å². The van der Waals surface area contributed by atoms with Gasteiger partial charge in [0, 0.05) is 13.7 Å². The van der Waals surface area contributed by atoms with E-state index in [1.807, 2.05) is 24.3 Å². The van der Waals surface area contributed by atoms with Gasteiger partial charge in [0.25, 0.3) is 0 Å². The fourth-order valence-corrected chi connectivity index (χ4v) is 2.62. The second-order valence-corrected chi connectivity index (χ2v) is 5.26. The minimum absolute atomic E-state index is 0. The summed E-state index contributed by atoms with van der Waals surface area (Å²) in [5, 5.41) is 3.73. The third-order valence-corrected chi connectivity index (χ3v) is 3.82. The summed E-state index contributed by atoms with van der Waals surface area (Å²) in [4.78, 5) is 16.1. The summed E-state index contributed by atoms with van der Waals surface area (Å²) in [6, 6.07) is 7.92. The Morgan fingerprint density at radius 3 is 2.90 bits per heavy atom. The smallest absolute Gasteiger partial charge is 0.223 e. The van der Waals surface area contributed by atoms with E-state index in [-0.39, 0.29) is 30.8 Å². The number of carbonyl (C=O) groups excluding carboxylic acids is 1. The average molecular weight is 316 g/mol. The maximum Gasteiger partial charge on any atom is 0.223 e. The zero-order valence-electron chi connectivity index (χ0n) is 11.2. The molecule has 0 radical (unpaired) electrons. The minimum Gasteiger partial charge on any atom is -0.380 e. The number of carbonyl (C=O) groups is 1. The molecule has 0 fully saturated rings. The van der Waals surface area contributed by atoms with E-state index in [9.17, 15) is 4.79 Å². The highest BCUT2D eigenvalue weighted by molar-refractivity contribution is 7.18. The zero-order valence-corrected chi connectivity index (χ0v) is 12.8. The van der Waals surface area contributed by atoms with E-state index in [0.717, 1.165) is 15.2 Å². The van der Waals surface area contributed by atoms with E-state index < -0.39 is 0 Å². The van der Waals surface area contributed by atoms with E-state index in [1.54, 1.807) is 18.4 Å². The lowest BCUT2D eigenvalue weighted by atomic mass is 10.2. The van der Waals surface area contributed by atoms with Gasteiger partial charge in [0.2, 0.25) is 5.91 Å². The fourth-order valence-electron chi connectivity index (χ4n) is 1.71. The maximum atomic E-state index is 11.7. The van der Waals surface area contributed by atoms with Gasteiger partial charge in [-0.25, -0.2) is 4.98 Å². The van der Waals surface area contributed by atoms with Crippen molar-refractivity contribution in [1.29, 1.82) is 0 Å². The number of hydrogen-bond donors (Lipinski definition) is 2. The molecule has 0 aliphatic carbocycles. The van der Waals surface area contributed by atoms with Gasteiger partial charge in [0.05, 0.1) is 29.3 Å². The molecule has 0 saturated heterocycles. The van der Waals surface area contributed by atoms with Crippen LogP contribution in [0, 0.1) is 0 Å². The molecule has 0 aliphatic rings. The van der Waals surface area contributed by atoms with Crippen LogP contribution in [0.2, 0.25) is 0 Å². The van der Waals surface area contributed by atoms with E-state index in [2.05, 4.69) is 10.3 Å². The number of nitrogens with two attached hydrogens (primary N) is 1. The summed E-state index contributed by atoms with van der Waals surface area (Å²) in [5.41, 5.74) is 6.44. The van der Waals surface area contributed by atoms with Crippen molar-refractivity contribution >= 4 is 39.9 Å². The van der Waals surface area contributed by atoms with E-state index in [4.69, 9.17) is 10.5 Å². The molecule has 1 atom stereocenters. The van der Waals surface area contributed by atoms with Crippen LogP contribution >= 0.6 is 23.7 Å². The van der Waals surface area contributed by atoms with Crippen molar-refractivity contribution in [2.24, 2.45) is 5.73 Å². The number of nitrogens with one attached hydrogen (secondary N) is 1. The number of rotatable bonds is 6. The minimum atomic E-state index is -0.227. The summed E-state index contributed by atoms with van der Waals surface area (Å²) in [7, 11) is 1.55. The zero-order chi connectivity index (χ0) is 13.7. The SMILES string of the molecule is COC(CN)CC(=O)NCc1nc2ccccc2s1.Cl. The van der Waals surface area contributed by atoms with Crippen LogP contribution in [0.4, 0.5) is 0 Å². The number of nitrogens with zero attached hydrogens (tertiary/aromatic N) is 1. The number of ether oxygens (including phenoxy) is 1. The van der Waals surface area contributed by atoms with Crippen molar-refractivity contribution in [2.45, 2.75) is 19.1 Å². The van der Waals surface area contributed by atoms with Gasteiger partial charge < -0.3 is 15.8 Å². The summed E-state index contributed by atoms with van der Waals surface area (Å²) in [5.74, 6) is -0.0726. The number of hydrogen-bond acceptors (Lipinski definition) is 5. The molecule has 20 heavy (non-hydrogen) atoms. The third kappa shape index (κ3) is 4.42. The van der Waals surface area contributed by atoms with Crippen LogP contribution < -0.4 is 11.1 Å². The summed E-state index contributed by atoms with van der Waals surface area (Å²) in [6.07, 6.45) is 0.0492. The quantitative estimate of drug-likeness (QED) is 0.850. The molecule has 0 aliphatic heterocycles. The van der Waals surface area contributed by atoms with Crippen molar-refractivity contribution in [3.63, 3.8) is 0 Å². The number of benzene rings is 1. The number of thiazole rings is 1. The van der Waals surface area contributed by atoms with Gasteiger partial charge >= 0.3 is 0 Å². The van der Waals surface area contributed by atoms with E-state index >= 15 is 0 Å². The normalized spacial score (nSPS) is 11.9. The van der Waals surface area contributed by atoms with Crippen molar-refractivity contribution in [3.8, 4) is 0 Å². The lowest BCUT2D eigenvalue weighted by molar-refractivity contribution is -0.123. The van der Waals surface area contributed by atoms with Gasteiger partial charge in [-0.3, -0.25) is 4.79 Å². The van der Waals surface area contributed by atoms with Gasteiger partial charge in [-0.1, -0.05) is 12.1 Å². The maximum absolute atomic E-state index is 11.7. The highest BCUT2D eigenvalue weighted by atomic mass is 35.5. The van der Waals surface area contributed by atoms with Crippen LogP contribution in [0.15, 0.2) is 24.3 Å². The van der Waals surface area contributed by atoms with Crippen molar-refractivity contribution in [2.75, 3.05) is 13.7 Å². The van der Waals surface area contributed by atoms with Crippen LogP contribution in [0.1, 0.15) is 11.4 Å². The molecule has 1 amide bonds. The highest BCUT2D eigenvalue weighted by Crippen LogP contribution is 2.21. The van der Waals surface area contributed by atoms with Crippen LogP contribution in [0.25, 0.3) is 10.2 Å². The standard InChI is InChI=1S/C13H17N3O2S.ClH/c1-18-9(7-14)6-12(17)15-8-13-16-10-4-2-3-5-11(10)19-13;/h2-5,9H,6-8,14H2,1H3,(H,15,17);1H. The second-order valence-electron chi connectivity index (χ2n) is 4.15. The van der Waals surface area contributed by atoms with Crippen molar-refractivity contribution in [1.82, 2.24) is 10.3 Å². The molecule has 1 aromatic carbocycles. The van der Waals surface area contributed by atoms with Gasteiger partial charge in [-0.05, 0) is 12.1 Å². The Morgan fingerprint density at radius 1 is 1.50 bits per heavy atom. The molecule has 2 aromatic rings. The largest absolute Gasteiger partial charge is 0.380 e. The molecule has 2 rings (SSSR count). The number of para-hydroxylation sites is 1. The van der Waals surface area contributed by atoms with Gasteiger partial charge in [0.15, 0.2) is 0 Å². The first-order chi connectivity index (χ1) is 9.22. The average Bonchev–Trinajstić information content (AvgIpc) is 2.85. The first-order valence-corrected chi connectivity index (χ1v) is 6.88. The summed E-state index contributed by atoms with van der Waals surface area (Å²) in [6.45, 7) is 0.782. The molecule has 1 aromatic heterocycles. The van der Waals surface area contributed by atoms with Crippen molar-refractivity contribution < 1.29 is 9.53 Å². The number of amides is 1.